The second kappa shape index (κ2) is 5.22. The minimum Gasteiger partial charge on any atom is -0.475 e. The number of rotatable bonds is 5. The van der Waals surface area contributed by atoms with E-state index in [1.165, 1.54) is 14.0 Å². The number of nitrogens with one attached hydrogen (secondary N) is 1. The van der Waals surface area contributed by atoms with Crippen molar-refractivity contribution >= 4 is 23.2 Å². The van der Waals surface area contributed by atoms with Gasteiger partial charge >= 0.3 is 0 Å². The number of aromatic nitrogens is 2. The van der Waals surface area contributed by atoms with E-state index in [9.17, 15) is 9.59 Å². The second-order valence-corrected chi connectivity index (χ2v) is 4.95. The molecule has 1 aromatic rings. The Labute approximate surface area is 104 Å². The number of carbonyl (C=O) groups excluding carboxylic acids is 2. The molecule has 0 atom stereocenters. The van der Waals surface area contributed by atoms with Crippen molar-refractivity contribution in [1.29, 1.82) is 0 Å². The molecule has 0 aliphatic rings. The van der Waals surface area contributed by atoms with Crippen molar-refractivity contribution in [2.45, 2.75) is 32.8 Å². The van der Waals surface area contributed by atoms with Crippen molar-refractivity contribution in [2.24, 2.45) is 0 Å². The third-order valence-electron chi connectivity index (χ3n) is 1.94. The number of carbonyl (C=O) groups is 2. The van der Waals surface area contributed by atoms with Gasteiger partial charge in [-0.15, -0.1) is 5.10 Å². The predicted molar refractivity (Wildman–Crippen MR) is 63.3 cm³/mol. The summed E-state index contributed by atoms with van der Waals surface area (Å²) in [5.41, 5.74) is -0.530. The van der Waals surface area contributed by atoms with Gasteiger partial charge in [-0.05, 0) is 20.8 Å². The maximum atomic E-state index is 11.4. The normalized spacial score (nSPS) is 11.1. The Morgan fingerprint density at radius 2 is 2.12 bits per heavy atom. The van der Waals surface area contributed by atoms with Crippen LogP contribution in [-0.2, 0) is 4.79 Å². The first-order valence-electron chi connectivity index (χ1n) is 5.08. The van der Waals surface area contributed by atoms with Gasteiger partial charge in [-0.25, -0.2) is 0 Å². The molecule has 7 heteroatoms. The predicted octanol–water partition coefficient (Wildman–Crippen LogP) is 1.03. The van der Waals surface area contributed by atoms with E-state index in [1.54, 1.807) is 13.8 Å². The number of Topliss-reactive ketones (excluding diaryl/α,β-unsaturated/α-hetero) is 1. The lowest BCUT2D eigenvalue weighted by atomic mass is 10.0. The van der Waals surface area contributed by atoms with Crippen molar-refractivity contribution in [3.05, 3.63) is 5.69 Å². The van der Waals surface area contributed by atoms with E-state index in [0.717, 1.165) is 11.5 Å². The second-order valence-electron chi connectivity index (χ2n) is 4.23. The highest BCUT2D eigenvalue weighted by molar-refractivity contribution is 7.07. The van der Waals surface area contributed by atoms with Crippen LogP contribution in [0.2, 0.25) is 0 Å². The Morgan fingerprint density at radius 3 is 2.65 bits per heavy atom. The number of amides is 1. The van der Waals surface area contributed by atoms with Gasteiger partial charge in [0.25, 0.3) is 5.91 Å². The van der Waals surface area contributed by atoms with Crippen molar-refractivity contribution < 1.29 is 14.3 Å². The number of nitrogens with zero attached hydrogens (tertiary/aromatic N) is 2. The first kappa shape index (κ1) is 13.6. The molecule has 0 aliphatic heterocycles. The molecule has 1 N–H and O–H groups in total. The van der Waals surface area contributed by atoms with Gasteiger partial charge < -0.3 is 10.1 Å². The molecule has 94 valence electrons. The average Bonchev–Trinajstić information content (AvgIpc) is 2.61. The summed E-state index contributed by atoms with van der Waals surface area (Å²) in [7, 11) is 1.51. The maximum absolute atomic E-state index is 11.4. The van der Waals surface area contributed by atoms with Crippen molar-refractivity contribution in [3.8, 4) is 5.06 Å². The molecule has 0 aromatic carbocycles. The van der Waals surface area contributed by atoms with Crippen LogP contribution in [0.3, 0.4) is 0 Å². The van der Waals surface area contributed by atoms with Crippen LogP contribution in [0.4, 0.5) is 0 Å². The average molecular weight is 257 g/mol. The Bertz CT molecular complexity index is 428. The molecule has 17 heavy (non-hydrogen) atoms. The zero-order valence-electron chi connectivity index (χ0n) is 10.2. The molecule has 0 fully saturated rings. The smallest absolute Gasteiger partial charge is 0.276 e. The fraction of sp³-hybridized carbons (Fsp3) is 0.600. The van der Waals surface area contributed by atoms with Gasteiger partial charge in [-0.1, -0.05) is 4.49 Å². The minimum absolute atomic E-state index is 0.0222. The lowest BCUT2D eigenvalue weighted by Crippen LogP contribution is -2.31. The summed E-state index contributed by atoms with van der Waals surface area (Å²) in [4.78, 5) is 22.5. The topological polar surface area (TPSA) is 81.2 Å². The highest BCUT2D eigenvalue weighted by Gasteiger charge is 2.26. The molecule has 0 saturated carbocycles. The summed E-state index contributed by atoms with van der Waals surface area (Å²) in [5.74, 6) is -0.332. The van der Waals surface area contributed by atoms with Crippen molar-refractivity contribution in [3.63, 3.8) is 0 Å². The van der Waals surface area contributed by atoms with Crippen LogP contribution in [0.15, 0.2) is 0 Å². The van der Waals surface area contributed by atoms with Crippen LogP contribution in [0, 0.1) is 0 Å². The van der Waals surface area contributed by atoms with Crippen molar-refractivity contribution in [1.82, 2.24) is 14.9 Å². The quantitative estimate of drug-likeness (QED) is 0.852. The number of hydrogen-bond acceptors (Lipinski definition) is 6. The van der Waals surface area contributed by atoms with E-state index < -0.39 is 5.60 Å². The van der Waals surface area contributed by atoms with Gasteiger partial charge in [0.05, 0.1) is 0 Å². The Morgan fingerprint density at radius 1 is 1.47 bits per heavy atom. The standard InChI is InChI=1S/C10H15N3O3S/c1-6(14)5-10(2,3)16-9-7(8(15)11-4)12-13-17-9/h5H2,1-4H3,(H,11,15). The van der Waals surface area contributed by atoms with Crippen LogP contribution < -0.4 is 10.1 Å². The first-order chi connectivity index (χ1) is 7.85. The minimum atomic E-state index is -0.678. The molecule has 0 aliphatic carbocycles. The monoisotopic (exact) mass is 257 g/mol. The maximum Gasteiger partial charge on any atom is 0.276 e. The summed E-state index contributed by atoms with van der Waals surface area (Å²) >= 11 is 0.992. The Kier molecular flexibility index (Phi) is 4.17. The number of ketones is 1. The Hall–Kier alpha value is -1.50. The SMILES string of the molecule is CNC(=O)c1nnsc1OC(C)(C)CC(C)=O. The van der Waals surface area contributed by atoms with Crippen LogP contribution in [0.1, 0.15) is 37.7 Å². The highest BCUT2D eigenvalue weighted by atomic mass is 32.1. The number of hydrogen-bond donors (Lipinski definition) is 1. The van der Waals surface area contributed by atoms with E-state index in [4.69, 9.17) is 4.74 Å². The lowest BCUT2D eigenvalue weighted by Gasteiger charge is -2.24. The summed E-state index contributed by atoms with van der Waals surface area (Å²) in [6.07, 6.45) is 0.262. The van der Waals surface area contributed by atoms with Gasteiger partial charge in [0.1, 0.15) is 11.4 Å². The molecular formula is C10H15N3O3S. The van der Waals surface area contributed by atoms with Crippen LogP contribution in [-0.4, -0.2) is 33.9 Å². The lowest BCUT2D eigenvalue weighted by molar-refractivity contribution is -0.120. The molecule has 0 unspecified atom stereocenters. The van der Waals surface area contributed by atoms with Crippen LogP contribution in [0.5, 0.6) is 5.06 Å². The van der Waals surface area contributed by atoms with Crippen LogP contribution in [0.25, 0.3) is 0 Å². The van der Waals surface area contributed by atoms with E-state index >= 15 is 0 Å². The molecule has 0 spiro atoms. The van der Waals surface area contributed by atoms with E-state index in [1.807, 2.05) is 0 Å². The first-order valence-corrected chi connectivity index (χ1v) is 5.86. The van der Waals surface area contributed by atoms with Gasteiger partial charge in [0, 0.05) is 25.0 Å². The van der Waals surface area contributed by atoms with E-state index in [-0.39, 0.29) is 23.8 Å². The molecule has 0 saturated heterocycles. The van der Waals surface area contributed by atoms with Gasteiger partial charge in [-0.3, -0.25) is 9.59 Å². The largest absolute Gasteiger partial charge is 0.475 e. The molecule has 0 bridgehead atoms. The molecule has 6 nitrogen and oxygen atoms in total. The summed E-state index contributed by atoms with van der Waals surface area (Å²) < 4.78 is 9.29. The summed E-state index contributed by atoms with van der Waals surface area (Å²) in [6, 6.07) is 0. The van der Waals surface area contributed by atoms with E-state index in [2.05, 4.69) is 14.9 Å². The van der Waals surface area contributed by atoms with E-state index in [0.29, 0.717) is 5.06 Å². The fourth-order valence-corrected chi connectivity index (χ4v) is 2.07. The zero-order valence-corrected chi connectivity index (χ0v) is 11.1. The molecule has 1 rings (SSSR count). The summed E-state index contributed by atoms with van der Waals surface area (Å²) in [6.45, 7) is 5.05. The molecule has 0 radical (unpaired) electrons. The third-order valence-corrected chi connectivity index (χ3v) is 2.55. The zero-order chi connectivity index (χ0) is 13.1. The van der Waals surface area contributed by atoms with Gasteiger partial charge in [0.2, 0.25) is 10.8 Å². The molecular weight excluding hydrogens is 242 g/mol. The highest BCUT2D eigenvalue weighted by Crippen LogP contribution is 2.27. The van der Waals surface area contributed by atoms with Crippen molar-refractivity contribution in [2.75, 3.05) is 7.05 Å². The third kappa shape index (κ3) is 3.77. The number of ether oxygens (including phenoxy) is 1. The van der Waals surface area contributed by atoms with Gasteiger partial charge in [0.15, 0.2) is 0 Å². The Balaban J connectivity index is 2.84. The van der Waals surface area contributed by atoms with Gasteiger partial charge in [-0.2, -0.15) is 0 Å². The molecule has 1 heterocycles. The molecule has 1 amide bonds. The summed E-state index contributed by atoms with van der Waals surface area (Å²) in [5, 5.41) is 6.48. The van der Waals surface area contributed by atoms with Crippen LogP contribution >= 0.6 is 11.5 Å². The molecule has 1 aromatic heterocycles. The fourth-order valence-electron chi connectivity index (χ4n) is 1.39.